The molecule has 2 aliphatic rings. The molecular formula is C24H35N3O3. The number of aromatic amines is 1. The van der Waals surface area contributed by atoms with Crippen molar-refractivity contribution in [3.8, 4) is 0 Å². The van der Waals surface area contributed by atoms with Crippen molar-refractivity contribution in [1.82, 2.24) is 14.8 Å². The number of rotatable bonds is 4. The quantitative estimate of drug-likeness (QED) is 0.777. The number of nitrogens with one attached hydrogen (secondary N) is 1. The fourth-order valence-corrected chi connectivity index (χ4v) is 4.97. The third-order valence-electron chi connectivity index (χ3n) is 6.50. The van der Waals surface area contributed by atoms with Crippen LogP contribution in [0.15, 0.2) is 30.5 Å². The van der Waals surface area contributed by atoms with Crippen LogP contribution >= 0.6 is 0 Å². The second kappa shape index (κ2) is 8.60. The van der Waals surface area contributed by atoms with E-state index in [4.69, 9.17) is 4.74 Å². The van der Waals surface area contributed by atoms with Crippen LogP contribution in [0.3, 0.4) is 0 Å². The third-order valence-corrected chi connectivity index (χ3v) is 6.50. The fraction of sp³-hybridized carbons (Fsp3) is 0.625. The van der Waals surface area contributed by atoms with Crippen molar-refractivity contribution < 1.29 is 14.6 Å². The monoisotopic (exact) mass is 413 g/mol. The van der Waals surface area contributed by atoms with Gasteiger partial charge in [-0.05, 0) is 64.0 Å². The molecule has 6 nitrogen and oxygen atoms in total. The number of H-pyrrole nitrogens is 1. The zero-order valence-electron chi connectivity index (χ0n) is 18.4. The standard InChI is InChI=1S/C24H35N3O3/c1-24(2,3)30-23(29)27-12-6-7-18(27)15-22(28)26-13-10-17(11-14-26)20-16-25-21-9-5-4-8-19(20)21/h4-5,8-9,16-18,22,25,28H,6-7,10-15H2,1-3H3/t18-,22-/m0/s1. The average molecular weight is 414 g/mol. The second-order valence-corrected chi connectivity index (χ2v) is 9.79. The number of aliphatic hydroxyl groups excluding tert-OH is 1. The van der Waals surface area contributed by atoms with Crippen molar-refractivity contribution in [2.75, 3.05) is 19.6 Å². The number of nitrogens with zero attached hydrogens (tertiary/aromatic N) is 2. The summed E-state index contributed by atoms with van der Waals surface area (Å²) in [7, 11) is 0. The molecule has 0 bridgehead atoms. The van der Waals surface area contributed by atoms with Crippen LogP contribution in [-0.2, 0) is 4.74 Å². The summed E-state index contributed by atoms with van der Waals surface area (Å²) < 4.78 is 5.56. The Morgan fingerprint density at radius 3 is 2.67 bits per heavy atom. The summed E-state index contributed by atoms with van der Waals surface area (Å²) in [6, 6.07) is 8.52. The first-order valence-electron chi connectivity index (χ1n) is 11.3. The largest absolute Gasteiger partial charge is 0.444 e. The van der Waals surface area contributed by atoms with Gasteiger partial charge in [-0.2, -0.15) is 0 Å². The molecule has 164 valence electrons. The molecule has 0 radical (unpaired) electrons. The Labute approximate surface area is 179 Å². The third kappa shape index (κ3) is 4.65. The maximum Gasteiger partial charge on any atom is 0.410 e. The van der Waals surface area contributed by atoms with Crippen molar-refractivity contribution in [2.24, 2.45) is 0 Å². The Balaban J connectivity index is 1.32. The summed E-state index contributed by atoms with van der Waals surface area (Å²) >= 11 is 0. The van der Waals surface area contributed by atoms with E-state index in [1.807, 2.05) is 25.7 Å². The lowest BCUT2D eigenvalue weighted by Gasteiger charge is -2.37. The van der Waals surface area contributed by atoms with Gasteiger partial charge < -0.3 is 19.7 Å². The number of aliphatic hydroxyl groups is 1. The van der Waals surface area contributed by atoms with Gasteiger partial charge in [-0.25, -0.2) is 4.79 Å². The van der Waals surface area contributed by atoms with Gasteiger partial charge in [0.25, 0.3) is 0 Å². The van der Waals surface area contributed by atoms with Crippen LogP contribution in [0, 0.1) is 0 Å². The molecule has 0 unspecified atom stereocenters. The van der Waals surface area contributed by atoms with Gasteiger partial charge >= 0.3 is 6.09 Å². The minimum Gasteiger partial charge on any atom is -0.444 e. The van der Waals surface area contributed by atoms with Gasteiger partial charge in [0, 0.05) is 49.2 Å². The number of ether oxygens (including phenoxy) is 1. The van der Waals surface area contributed by atoms with E-state index in [-0.39, 0.29) is 12.1 Å². The van der Waals surface area contributed by atoms with Gasteiger partial charge in [0.1, 0.15) is 11.8 Å². The van der Waals surface area contributed by atoms with Gasteiger partial charge in [0.15, 0.2) is 0 Å². The SMILES string of the molecule is CC(C)(C)OC(=O)N1CCC[C@H]1C[C@H](O)N1CCC(c2c[nH]c3ccccc23)CC1. The molecule has 2 atom stereocenters. The maximum absolute atomic E-state index is 12.5. The molecule has 1 aromatic carbocycles. The van der Waals surface area contributed by atoms with Gasteiger partial charge in [-0.15, -0.1) is 0 Å². The predicted molar refractivity (Wildman–Crippen MR) is 118 cm³/mol. The molecular weight excluding hydrogens is 378 g/mol. The Morgan fingerprint density at radius 2 is 1.93 bits per heavy atom. The highest BCUT2D eigenvalue weighted by molar-refractivity contribution is 5.83. The van der Waals surface area contributed by atoms with Crippen LogP contribution in [0.2, 0.25) is 0 Å². The summed E-state index contributed by atoms with van der Waals surface area (Å²) in [5.74, 6) is 0.523. The van der Waals surface area contributed by atoms with Crippen LogP contribution in [0.25, 0.3) is 10.9 Å². The van der Waals surface area contributed by atoms with Crippen molar-refractivity contribution in [3.05, 3.63) is 36.0 Å². The van der Waals surface area contributed by atoms with E-state index in [2.05, 4.69) is 40.3 Å². The molecule has 1 aromatic heterocycles. The summed E-state index contributed by atoms with van der Waals surface area (Å²) in [4.78, 5) is 19.9. The van der Waals surface area contributed by atoms with Crippen LogP contribution in [-0.4, -0.2) is 63.5 Å². The topological polar surface area (TPSA) is 68.8 Å². The smallest absolute Gasteiger partial charge is 0.410 e. The lowest BCUT2D eigenvalue weighted by atomic mass is 9.89. The summed E-state index contributed by atoms with van der Waals surface area (Å²) in [5.41, 5.74) is 2.10. The first-order valence-corrected chi connectivity index (χ1v) is 11.3. The highest BCUT2D eigenvalue weighted by Gasteiger charge is 2.35. The molecule has 30 heavy (non-hydrogen) atoms. The number of piperidine rings is 1. The number of hydrogen-bond donors (Lipinski definition) is 2. The zero-order chi connectivity index (χ0) is 21.3. The average Bonchev–Trinajstić information content (AvgIpc) is 3.33. The number of amides is 1. The van der Waals surface area contributed by atoms with E-state index in [9.17, 15) is 9.90 Å². The Kier molecular flexibility index (Phi) is 6.07. The molecule has 0 saturated carbocycles. The predicted octanol–water partition coefficient (Wildman–Crippen LogP) is 4.46. The van der Waals surface area contributed by atoms with E-state index < -0.39 is 11.8 Å². The van der Waals surface area contributed by atoms with Gasteiger partial charge in [-0.1, -0.05) is 18.2 Å². The number of likely N-dealkylation sites (tertiary alicyclic amines) is 2. The van der Waals surface area contributed by atoms with E-state index in [1.165, 1.54) is 16.5 Å². The van der Waals surface area contributed by atoms with Crippen LogP contribution < -0.4 is 0 Å². The van der Waals surface area contributed by atoms with Crippen molar-refractivity contribution in [1.29, 1.82) is 0 Å². The summed E-state index contributed by atoms with van der Waals surface area (Å²) in [5, 5.41) is 12.2. The lowest BCUT2D eigenvalue weighted by molar-refractivity contribution is -0.0332. The highest BCUT2D eigenvalue weighted by atomic mass is 16.6. The van der Waals surface area contributed by atoms with E-state index in [0.29, 0.717) is 12.3 Å². The Bertz CT molecular complexity index is 864. The van der Waals surface area contributed by atoms with E-state index in [1.54, 1.807) is 0 Å². The number of fused-ring (bicyclic) bond motifs is 1. The van der Waals surface area contributed by atoms with E-state index in [0.717, 1.165) is 45.3 Å². The van der Waals surface area contributed by atoms with Crippen molar-refractivity contribution in [2.45, 2.75) is 76.7 Å². The van der Waals surface area contributed by atoms with Crippen LogP contribution in [0.1, 0.15) is 64.4 Å². The number of carbonyl (C=O) groups is 1. The van der Waals surface area contributed by atoms with Gasteiger partial charge in [0.05, 0.1) is 0 Å². The molecule has 2 aromatic rings. The van der Waals surface area contributed by atoms with Crippen LogP contribution in [0.5, 0.6) is 0 Å². The molecule has 2 N–H and O–H groups in total. The molecule has 2 saturated heterocycles. The minimum atomic E-state index is -0.512. The number of benzene rings is 1. The van der Waals surface area contributed by atoms with Crippen molar-refractivity contribution in [3.63, 3.8) is 0 Å². The molecule has 0 spiro atoms. The molecule has 2 fully saturated rings. The first-order chi connectivity index (χ1) is 14.3. The first kappa shape index (κ1) is 21.2. The van der Waals surface area contributed by atoms with Gasteiger partial charge in [0.2, 0.25) is 0 Å². The fourth-order valence-electron chi connectivity index (χ4n) is 4.97. The molecule has 1 amide bonds. The van der Waals surface area contributed by atoms with E-state index >= 15 is 0 Å². The van der Waals surface area contributed by atoms with Crippen molar-refractivity contribution >= 4 is 17.0 Å². The molecule has 2 aliphatic heterocycles. The van der Waals surface area contributed by atoms with Crippen LogP contribution in [0.4, 0.5) is 4.79 Å². The molecule has 0 aliphatic carbocycles. The zero-order valence-corrected chi connectivity index (χ0v) is 18.4. The second-order valence-electron chi connectivity index (χ2n) is 9.79. The number of aromatic nitrogens is 1. The summed E-state index contributed by atoms with van der Waals surface area (Å²) in [6.45, 7) is 8.15. The normalized spacial score (nSPS) is 22.5. The highest BCUT2D eigenvalue weighted by Crippen LogP contribution is 2.34. The molecule has 3 heterocycles. The molecule has 4 rings (SSSR count). The Hall–Kier alpha value is -2.05. The number of hydrogen-bond acceptors (Lipinski definition) is 4. The minimum absolute atomic E-state index is 0.0567. The number of para-hydroxylation sites is 1. The molecule has 6 heteroatoms. The number of carbonyl (C=O) groups excluding carboxylic acids is 1. The van der Waals surface area contributed by atoms with Gasteiger partial charge in [-0.3, -0.25) is 4.90 Å². The maximum atomic E-state index is 12.5. The Morgan fingerprint density at radius 1 is 1.20 bits per heavy atom. The lowest BCUT2D eigenvalue weighted by Crippen LogP contribution is -2.46. The summed E-state index contributed by atoms with van der Waals surface area (Å²) in [6.07, 6.45) is 5.97.